The first kappa shape index (κ1) is 16.3. The van der Waals surface area contributed by atoms with Crippen molar-refractivity contribution >= 4 is 17.5 Å². The number of para-hydroxylation sites is 1. The number of anilines is 3. The smallest absolute Gasteiger partial charge is 0.231 e. The van der Waals surface area contributed by atoms with Crippen LogP contribution in [0.15, 0.2) is 36.4 Å². The van der Waals surface area contributed by atoms with E-state index in [1.807, 2.05) is 37.1 Å². The third kappa shape index (κ3) is 3.97. The molecule has 1 aromatic heterocycles. The van der Waals surface area contributed by atoms with Gasteiger partial charge >= 0.3 is 0 Å². The Bertz CT molecular complexity index is 577. The molecular formula is C18H26N4. The summed E-state index contributed by atoms with van der Waals surface area (Å²) in [5.74, 6) is 1.77. The summed E-state index contributed by atoms with van der Waals surface area (Å²) in [7, 11) is 2.01. The van der Waals surface area contributed by atoms with Crippen LogP contribution in [0.2, 0.25) is 0 Å². The summed E-state index contributed by atoms with van der Waals surface area (Å²) in [5, 5.41) is 0. The molecular weight excluding hydrogens is 272 g/mol. The standard InChI is InChI=1S/C18H26N4/c1-5-12-22(13-6-2)17-14-15(3)19-18(20-17)21(4)16-10-8-7-9-11-16/h7-11,14H,5-6,12-13H2,1-4H3. The lowest BCUT2D eigenvalue weighted by Gasteiger charge is -2.25. The fourth-order valence-electron chi connectivity index (χ4n) is 2.50. The van der Waals surface area contributed by atoms with Crippen molar-refractivity contribution in [2.45, 2.75) is 33.6 Å². The molecule has 0 aliphatic carbocycles. The molecule has 2 rings (SSSR count). The third-order valence-electron chi connectivity index (χ3n) is 3.58. The minimum Gasteiger partial charge on any atom is -0.356 e. The number of rotatable bonds is 7. The molecule has 0 N–H and O–H groups in total. The Morgan fingerprint density at radius 1 is 0.955 bits per heavy atom. The molecule has 0 unspecified atom stereocenters. The fourth-order valence-corrected chi connectivity index (χ4v) is 2.50. The van der Waals surface area contributed by atoms with Crippen molar-refractivity contribution in [3.05, 3.63) is 42.1 Å². The van der Waals surface area contributed by atoms with E-state index in [0.29, 0.717) is 0 Å². The van der Waals surface area contributed by atoms with Gasteiger partial charge in [-0.15, -0.1) is 0 Å². The first-order valence-electron chi connectivity index (χ1n) is 8.05. The molecule has 0 bridgehead atoms. The molecule has 4 heteroatoms. The monoisotopic (exact) mass is 298 g/mol. The number of hydrogen-bond donors (Lipinski definition) is 0. The van der Waals surface area contributed by atoms with Crippen LogP contribution >= 0.6 is 0 Å². The van der Waals surface area contributed by atoms with Crippen molar-refractivity contribution in [2.75, 3.05) is 29.9 Å². The Morgan fingerprint density at radius 2 is 1.59 bits per heavy atom. The van der Waals surface area contributed by atoms with Crippen LogP contribution in [-0.4, -0.2) is 30.1 Å². The molecule has 2 aromatic rings. The first-order valence-corrected chi connectivity index (χ1v) is 8.05. The number of aryl methyl sites for hydroxylation is 1. The third-order valence-corrected chi connectivity index (χ3v) is 3.58. The fraction of sp³-hybridized carbons (Fsp3) is 0.444. The van der Waals surface area contributed by atoms with Gasteiger partial charge in [-0.1, -0.05) is 32.0 Å². The van der Waals surface area contributed by atoms with E-state index in [4.69, 9.17) is 4.98 Å². The predicted octanol–water partition coefficient (Wildman–Crippen LogP) is 4.18. The minimum atomic E-state index is 0.749. The summed E-state index contributed by atoms with van der Waals surface area (Å²) in [6, 6.07) is 12.3. The highest BCUT2D eigenvalue weighted by Crippen LogP contribution is 2.23. The Kier molecular flexibility index (Phi) is 5.75. The SMILES string of the molecule is CCCN(CCC)c1cc(C)nc(N(C)c2ccccc2)n1. The van der Waals surface area contributed by atoms with Gasteiger partial charge in [0.25, 0.3) is 0 Å². The molecule has 0 saturated heterocycles. The van der Waals surface area contributed by atoms with E-state index in [1.165, 1.54) is 0 Å². The Balaban J connectivity index is 2.33. The molecule has 0 aliphatic heterocycles. The van der Waals surface area contributed by atoms with Crippen LogP contribution in [0.1, 0.15) is 32.4 Å². The molecule has 22 heavy (non-hydrogen) atoms. The summed E-state index contributed by atoms with van der Waals surface area (Å²) in [4.78, 5) is 13.8. The van der Waals surface area contributed by atoms with Gasteiger partial charge in [-0.25, -0.2) is 4.98 Å². The number of nitrogens with zero attached hydrogens (tertiary/aromatic N) is 4. The molecule has 0 saturated carbocycles. The highest BCUT2D eigenvalue weighted by molar-refractivity contribution is 5.58. The van der Waals surface area contributed by atoms with E-state index < -0.39 is 0 Å². The Morgan fingerprint density at radius 3 is 2.18 bits per heavy atom. The topological polar surface area (TPSA) is 32.3 Å². The maximum atomic E-state index is 4.79. The van der Waals surface area contributed by atoms with Gasteiger partial charge in [0, 0.05) is 37.6 Å². The van der Waals surface area contributed by atoms with Crippen molar-refractivity contribution in [3.63, 3.8) is 0 Å². The highest BCUT2D eigenvalue weighted by Gasteiger charge is 2.12. The summed E-state index contributed by atoms with van der Waals surface area (Å²) < 4.78 is 0. The largest absolute Gasteiger partial charge is 0.356 e. The first-order chi connectivity index (χ1) is 10.7. The molecule has 0 aliphatic rings. The maximum Gasteiger partial charge on any atom is 0.231 e. The zero-order valence-electron chi connectivity index (χ0n) is 14.1. The van der Waals surface area contributed by atoms with E-state index in [1.54, 1.807) is 0 Å². The van der Waals surface area contributed by atoms with Crippen molar-refractivity contribution < 1.29 is 0 Å². The molecule has 1 aromatic carbocycles. The summed E-state index contributed by atoms with van der Waals surface area (Å²) in [6.45, 7) is 8.49. The molecule has 0 atom stereocenters. The van der Waals surface area contributed by atoms with E-state index in [9.17, 15) is 0 Å². The summed E-state index contributed by atoms with van der Waals surface area (Å²) in [6.07, 6.45) is 2.24. The lowest BCUT2D eigenvalue weighted by Crippen LogP contribution is -2.27. The Hall–Kier alpha value is -2.10. The van der Waals surface area contributed by atoms with Crippen LogP contribution in [0, 0.1) is 6.92 Å². The van der Waals surface area contributed by atoms with Gasteiger partial charge in [0.05, 0.1) is 0 Å². The average molecular weight is 298 g/mol. The molecule has 1 heterocycles. The maximum absolute atomic E-state index is 4.79. The van der Waals surface area contributed by atoms with Gasteiger partial charge in [-0.3, -0.25) is 0 Å². The van der Waals surface area contributed by atoms with Crippen LogP contribution in [0.3, 0.4) is 0 Å². The molecule has 0 radical (unpaired) electrons. The molecule has 118 valence electrons. The van der Waals surface area contributed by atoms with Crippen LogP contribution < -0.4 is 9.80 Å². The Labute approximate surface area is 133 Å². The van der Waals surface area contributed by atoms with E-state index in [-0.39, 0.29) is 0 Å². The van der Waals surface area contributed by atoms with Gasteiger partial charge in [0.15, 0.2) is 0 Å². The van der Waals surface area contributed by atoms with Gasteiger partial charge in [0.1, 0.15) is 5.82 Å². The second-order valence-corrected chi connectivity index (χ2v) is 5.55. The minimum absolute atomic E-state index is 0.749. The van der Waals surface area contributed by atoms with Gasteiger partial charge in [-0.2, -0.15) is 4.98 Å². The van der Waals surface area contributed by atoms with E-state index >= 15 is 0 Å². The van der Waals surface area contributed by atoms with Crippen LogP contribution in [0.5, 0.6) is 0 Å². The number of hydrogen-bond acceptors (Lipinski definition) is 4. The highest BCUT2D eigenvalue weighted by atomic mass is 15.3. The zero-order valence-corrected chi connectivity index (χ0v) is 14.1. The zero-order chi connectivity index (χ0) is 15.9. The normalized spacial score (nSPS) is 10.5. The molecule has 0 amide bonds. The molecule has 0 fully saturated rings. The van der Waals surface area contributed by atoms with Crippen LogP contribution in [0.25, 0.3) is 0 Å². The lowest BCUT2D eigenvalue weighted by molar-refractivity contribution is 0.731. The van der Waals surface area contributed by atoms with Crippen molar-refractivity contribution in [1.82, 2.24) is 9.97 Å². The van der Waals surface area contributed by atoms with E-state index in [0.717, 1.165) is 49.1 Å². The molecule has 0 spiro atoms. The average Bonchev–Trinajstić information content (AvgIpc) is 2.54. The van der Waals surface area contributed by atoms with Crippen LogP contribution in [0.4, 0.5) is 17.5 Å². The number of benzene rings is 1. The second kappa shape index (κ2) is 7.78. The van der Waals surface area contributed by atoms with Gasteiger partial charge < -0.3 is 9.80 Å². The van der Waals surface area contributed by atoms with Crippen molar-refractivity contribution in [1.29, 1.82) is 0 Å². The van der Waals surface area contributed by atoms with Gasteiger partial charge in [-0.05, 0) is 31.9 Å². The lowest BCUT2D eigenvalue weighted by atomic mass is 10.3. The summed E-state index contributed by atoms with van der Waals surface area (Å²) >= 11 is 0. The van der Waals surface area contributed by atoms with Gasteiger partial charge in [0.2, 0.25) is 5.95 Å². The number of aromatic nitrogens is 2. The molecule has 4 nitrogen and oxygen atoms in total. The van der Waals surface area contributed by atoms with Crippen molar-refractivity contribution in [2.24, 2.45) is 0 Å². The second-order valence-electron chi connectivity index (χ2n) is 5.55. The van der Waals surface area contributed by atoms with Crippen LogP contribution in [-0.2, 0) is 0 Å². The summed E-state index contributed by atoms with van der Waals surface area (Å²) in [5.41, 5.74) is 2.09. The quantitative estimate of drug-likeness (QED) is 0.767. The van der Waals surface area contributed by atoms with Crippen molar-refractivity contribution in [3.8, 4) is 0 Å². The van der Waals surface area contributed by atoms with E-state index in [2.05, 4.69) is 41.9 Å². The predicted molar refractivity (Wildman–Crippen MR) is 94.1 cm³/mol.